The highest BCUT2D eigenvalue weighted by molar-refractivity contribution is 14.1. The number of halogens is 1. The third-order valence-corrected chi connectivity index (χ3v) is 4.73. The fourth-order valence-electron chi connectivity index (χ4n) is 2.70. The van der Waals surface area contributed by atoms with E-state index in [1.807, 2.05) is 38.1 Å². The van der Waals surface area contributed by atoms with Crippen LogP contribution in [0.25, 0.3) is 0 Å². The number of amides is 2. The molecule has 5 heteroatoms. The average molecular weight is 426 g/mol. The van der Waals surface area contributed by atoms with Gasteiger partial charge in [-0.05, 0) is 67.8 Å². The molecule has 4 nitrogen and oxygen atoms in total. The van der Waals surface area contributed by atoms with Crippen LogP contribution >= 0.6 is 22.6 Å². The van der Waals surface area contributed by atoms with Crippen molar-refractivity contribution in [1.82, 2.24) is 10.2 Å². The molecule has 1 aliphatic heterocycles. The van der Waals surface area contributed by atoms with Gasteiger partial charge >= 0.3 is 0 Å². The third kappa shape index (κ3) is 4.80. The van der Waals surface area contributed by atoms with Gasteiger partial charge in [0.25, 0.3) is 5.91 Å². The van der Waals surface area contributed by atoms with Crippen LogP contribution in [0.1, 0.15) is 43.5 Å². The first-order valence-corrected chi connectivity index (χ1v) is 9.09. The third-order valence-electron chi connectivity index (χ3n) is 3.79. The number of allylic oxidation sites excluding steroid dienone is 1. The number of rotatable bonds is 3. The van der Waals surface area contributed by atoms with Crippen molar-refractivity contribution in [3.8, 4) is 0 Å². The van der Waals surface area contributed by atoms with Crippen LogP contribution in [-0.4, -0.2) is 35.3 Å². The van der Waals surface area contributed by atoms with Crippen molar-refractivity contribution in [2.75, 3.05) is 6.54 Å². The summed E-state index contributed by atoms with van der Waals surface area (Å²) in [7, 11) is 0. The number of hydrogen-bond acceptors (Lipinski definition) is 2. The maximum atomic E-state index is 13.0. The minimum Gasteiger partial charge on any atom is -0.352 e. The van der Waals surface area contributed by atoms with E-state index in [9.17, 15) is 9.59 Å². The molecular weight excluding hydrogens is 403 g/mol. The van der Waals surface area contributed by atoms with Gasteiger partial charge in [-0.15, -0.1) is 0 Å². The minimum atomic E-state index is -0.411. The summed E-state index contributed by atoms with van der Waals surface area (Å²) in [6, 6.07) is 7.18. The first-order chi connectivity index (χ1) is 11.0. The molecule has 2 amide bonds. The van der Waals surface area contributed by atoms with Gasteiger partial charge in [-0.2, -0.15) is 0 Å². The highest BCUT2D eigenvalue weighted by Crippen LogP contribution is 2.20. The summed E-state index contributed by atoms with van der Waals surface area (Å²) in [5.74, 6) is -0.121. The highest BCUT2D eigenvalue weighted by atomic mass is 127. The molecule has 0 saturated carbocycles. The maximum Gasteiger partial charge on any atom is 0.255 e. The summed E-state index contributed by atoms with van der Waals surface area (Å²) < 4.78 is 0.913. The molecular formula is C18H23IN2O2. The topological polar surface area (TPSA) is 49.4 Å². The molecule has 1 heterocycles. The van der Waals surface area contributed by atoms with Crippen molar-refractivity contribution in [2.24, 2.45) is 0 Å². The van der Waals surface area contributed by atoms with Gasteiger partial charge in [0.15, 0.2) is 0 Å². The van der Waals surface area contributed by atoms with Crippen LogP contribution in [0, 0.1) is 3.57 Å². The standard InChI is InChI=1S/C18H23IN2O2/c1-13(2)20-17(22)16-11-5-3-4-8-12-21(16)18(23)14-9-6-7-10-15(14)19/h3-4,6-7,9-10,13,16H,5,8,11-12H2,1-2H3,(H,20,22)/b4-3-. The van der Waals surface area contributed by atoms with E-state index >= 15 is 0 Å². The monoisotopic (exact) mass is 426 g/mol. The highest BCUT2D eigenvalue weighted by Gasteiger charge is 2.31. The molecule has 0 radical (unpaired) electrons. The van der Waals surface area contributed by atoms with E-state index in [-0.39, 0.29) is 17.9 Å². The Bertz CT molecular complexity index is 598. The largest absolute Gasteiger partial charge is 0.352 e. The summed E-state index contributed by atoms with van der Waals surface area (Å²) in [4.78, 5) is 27.3. The molecule has 1 unspecified atom stereocenters. The Balaban J connectivity index is 2.29. The quantitative estimate of drug-likeness (QED) is 0.596. The smallest absolute Gasteiger partial charge is 0.255 e. The van der Waals surface area contributed by atoms with Gasteiger partial charge in [-0.3, -0.25) is 9.59 Å². The van der Waals surface area contributed by atoms with Crippen LogP contribution in [0.2, 0.25) is 0 Å². The zero-order chi connectivity index (χ0) is 16.8. The van der Waals surface area contributed by atoms with Crippen LogP contribution in [0.15, 0.2) is 36.4 Å². The van der Waals surface area contributed by atoms with E-state index in [4.69, 9.17) is 0 Å². The van der Waals surface area contributed by atoms with Crippen molar-refractivity contribution in [1.29, 1.82) is 0 Å². The van der Waals surface area contributed by atoms with Crippen LogP contribution in [0.3, 0.4) is 0 Å². The first kappa shape index (κ1) is 18.0. The number of carbonyl (C=O) groups is 2. The second kappa shape index (κ2) is 8.47. The molecule has 1 N–H and O–H groups in total. The number of nitrogens with one attached hydrogen (secondary N) is 1. The fraction of sp³-hybridized carbons (Fsp3) is 0.444. The molecule has 0 aromatic heterocycles. The lowest BCUT2D eigenvalue weighted by atomic mass is 10.0. The molecule has 0 spiro atoms. The fourth-order valence-corrected chi connectivity index (χ4v) is 3.32. The molecule has 0 fully saturated rings. The van der Waals surface area contributed by atoms with Crippen LogP contribution in [-0.2, 0) is 4.79 Å². The summed E-state index contributed by atoms with van der Waals surface area (Å²) >= 11 is 2.17. The van der Waals surface area contributed by atoms with E-state index in [1.165, 1.54) is 0 Å². The normalized spacial score (nSPS) is 19.8. The Morgan fingerprint density at radius 2 is 1.91 bits per heavy atom. The molecule has 1 aliphatic rings. The van der Waals surface area contributed by atoms with Gasteiger partial charge in [-0.1, -0.05) is 24.3 Å². The Kier molecular flexibility index (Phi) is 6.62. The van der Waals surface area contributed by atoms with E-state index in [2.05, 4.69) is 40.1 Å². The molecule has 0 saturated heterocycles. The van der Waals surface area contributed by atoms with Gasteiger partial charge in [0.05, 0.1) is 5.56 Å². The second-order valence-corrected chi connectivity index (χ2v) is 7.16. The average Bonchev–Trinajstić information content (AvgIpc) is 2.46. The Morgan fingerprint density at radius 3 is 2.61 bits per heavy atom. The summed E-state index contributed by atoms with van der Waals surface area (Å²) in [6.45, 7) is 4.44. The SMILES string of the molecule is CC(C)NC(=O)C1CC/C=C\CCN1C(=O)c1ccccc1I. The Hall–Kier alpha value is -1.37. The predicted molar refractivity (Wildman–Crippen MR) is 100 cm³/mol. The number of nitrogens with zero attached hydrogens (tertiary/aromatic N) is 1. The molecule has 124 valence electrons. The zero-order valence-electron chi connectivity index (χ0n) is 13.6. The van der Waals surface area contributed by atoms with Crippen molar-refractivity contribution in [3.05, 3.63) is 45.6 Å². The van der Waals surface area contributed by atoms with Crippen molar-refractivity contribution in [3.63, 3.8) is 0 Å². The molecule has 23 heavy (non-hydrogen) atoms. The van der Waals surface area contributed by atoms with Crippen molar-refractivity contribution < 1.29 is 9.59 Å². The van der Waals surface area contributed by atoms with Gasteiger partial charge in [0, 0.05) is 16.2 Å². The molecule has 1 atom stereocenters. The van der Waals surface area contributed by atoms with E-state index in [0.29, 0.717) is 18.5 Å². The van der Waals surface area contributed by atoms with Gasteiger partial charge in [0.1, 0.15) is 6.04 Å². The van der Waals surface area contributed by atoms with E-state index in [0.717, 1.165) is 16.4 Å². The van der Waals surface area contributed by atoms with Gasteiger partial charge < -0.3 is 10.2 Å². The van der Waals surface area contributed by atoms with Crippen LogP contribution in [0.5, 0.6) is 0 Å². The number of benzene rings is 1. The van der Waals surface area contributed by atoms with Crippen LogP contribution in [0.4, 0.5) is 0 Å². The van der Waals surface area contributed by atoms with Gasteiger partial charge in [-0.25, -0.2) is 0 Å². The Morgan fingerprint density at radius 1 is 1.22 bits per heavy atom. The van der Waals surface area contributed by atoms with Crippen molar-refractivity contribution in [2.45, 2.75) is 45.2 Å². The maximum absolute atomic E-state index is 13.0. The molecule has 0 aliphatic carbocycles. The molecule has 2 rings (SSSR count). The number of hydrogen-bond donors (Lipinski definition) is 1. The lowest BCUT2D eigenvalue weighted by Crippen LogP contribution is -2.51. The van der Waals surface area contributed by atoms with Crippen LogP contribution < -0.4 is 5.32 Å². The predicted octanol–water partition coefficient (Wildman–Crippen LogP) is 3.37. The first-order valence-electron chi connectivity index (χ1n) is 8.01. The lowest BCUT2D eigenvalue weighted by Gasteiger charge is -2.32. The van der Waals surface area contributed by atoms with E-state index < -0.39 is 6.04 Å². The van der Waals surface area contributed by atoms with Gasteiger partial charge in [0.2, 0.25) is 5.91 Å². The minimum absolute atomic E-state index is 0.0606. The summed E-state index contributed by atoms with van der Waals surface area (Å²) in [5.41, 5.74) is 0.667. The molecule has 1 aromatic carbocycles. The zero-order valence-corrected chi connectivity index (χ0v) is 15.7. The second-order valence-electron chi connectivity index (χ2n) is 5.99. The number of carbonyl (C=O) groups excluding carboxylic acids is 2. The lowest BCUT2D eigenvalue weighted by molar-refractivity contribution is -0.126. The van der Waals surface area contributed by atoms with E-state index in [1.54, 1.807) is 4.90 Å². The summed E-state index contributed by atoms with van der Waals surface area (Å²) in [5, 5.41) is 2.95. The summed E-state index contributed by atoms with van der Waals surface area (Å²) in [6.07, 6.45) is 6.44. The van der Waals surface area contributed by atoms with Crippen molar-refractivity contribution >= 4 is 34.4 Å². The molecule has 1 aromatic rings. The molecule has 0 bridgehead atoms. The Labute approximate surface area is 151 Å².